The van der Waals surface area contributed by atoms with Crippen LogP contribution in [0.1, 0.15) is 36.0 Å². The molecule has 1 aliphatic heterocycles. The van der Waals surface area contributed by atoms with E-state index in [4.69, 9.17) is 9.57 Å². The normalized spacial score (nSPS) is 15.8. The molecule has 7 heteroatoms. The number of rotatable bonds is 9. The van der Waals surface area contributed by atoms with Crippen LogP contribution >= 0.6 is 0 Å². The summed E-state index contributed by atoms with van der Waals surface area (Å²) in [5.41, 5.74) is 3.09. The summed E-state index contributed by atoms with van der Waals surface area (Å²) in [6.07, 6.45) is 1.41. The smallest absolute Gasteiger partial charge is 0.264 e. The molecule has 1 atom stereocenters. The molecule has 0 saturated carbocycles. The van der Waals surface area contributed by atoms with Crippen LogP contribution in [0.4, 0.5) is 0 Å². The number of hydroxylamine groups is 2. The molecule has 0 radical (unpaired) electrons. The van der Waals surface area contributed by atoms with Crippen LogP contribution in [0.15, 0.2) is 144 Å². The van der Waals surface area contributed by atoms with E-state index in [0.29, 0.717) is 12.8 Å². The van der Waals surface area contributed by atoms with Gasteiger partial charge in [0.15, 0.2) is 15.4 Å². The van der Waals surface area contributed by atoms with Gasteiger partial charge in [-0.2, -0.15) is 0 Å². The zero-order valence-electron chi connectivity index (χ0n) is 25.1. The summed E-state index contributed by atoms with van der Waals surface area (Å²) < 4.78 is 33.4. The van der Waals surface area contributed by atoms with E-state index in [-0.39, 0.29) is 17.9 Å². The fraction of sp³-hybridized carbons (Fsp3) is 0.184. The number of ether oxygens (including phenoxy) is 1. The van der Waals surface area contributed by atoms with Gasteiger partial charge in [-0.15, -0.1) is 0 Å². The second-order valence-electron chi connectivity index (χ2n) is 11.1. The number of carbonyl (C=O) groups is 1. The number of benzene rings is 5. The van der Waals surface area contributed by atoms with Crippen molar-refractivity contribution in [2.45, 2.75) is 35.0 Å². The number of sulfone groups is 1. The summed E-state index contributed by atoms with van der Waals surface area (Å²) >= 11 is 0. The molecule has 1 saturated heterocycles. The van der Waals surface area contributed by atoms with Crippen LogP contribution in [0.5, 0.6) is 5.75 Å². The molecule has 1 fully saturated rings. The van der Waals surface area contributed by atoms with Crippen molar-refractivity contribution in [1.82, 2.24) is 5.06 Å². The Labute approximate surface area is 264 Å². The number of hydrogen-bond donors (Lipinski definition) is 0. The fourth-order valence-corrected chi connectivity index (χ4v) is 7.69. The zero-order chi connectivity index (χ0) is 31.3. The number of carbonyl (C=O) groups excluding carboxylic acids is 1. The lowest BCUT2D eigenvalue weighted by atomic mass is 9.80. The first-order chi connectivity index (χ1) is 21.9. The van der Waals surface area contributed by atoms with Crippen LogP contribution in [0, 0.1) is 0 Å². The number of methoxy groups -OCH3 is 1. The highest BCUT2D eigenvalue weighted by molar-refractivity contribution is 7.92. The maximum absolute atomic E-state index is 14.3. The minimum atomic E-state index is -4.02. The lowest BCUT2D eigenvalue weighted by Crippen LogP contribution is -2.47. The standard InChI is InChI=1S/C38H35NO5S/c1-43-34-24-20-29(21-25-34)30-22-26-35(27-23-30)45(41,42)36-19-11-12-28-39(37(36)40)44-38(31-13-5-2-6-14-31,32-15-7-3-8-16-32)33-17-9-4-10-18-33/h2-10,13-18,20-27,36H,11-12,19,28H2,1H3. The Morgan fingerprint density at radius 3 is 1.58 bits per heavy atom. The largest absolute Gasteiger partial charge is 0.497 e. The van der Waals surface area contributed by atoms with Crippen molar-refractivity contribution in [3.63, 3.8) is 0 Å². The minimum Gasteiger partial charge on any atom is -0.497 e. The molecule has 0 bridgehead atoms. The van der Waals surface area contributed by atoms with Gasteiger partial charge in [-0.25, -0.2) is 18.3 Å². The minimum absolute atomic E-state index is 0.111. The molecule has 6 rings (SSSR count). The van der Waals surface area contributed by atoms with Gasteiger partial charge in [-0.1, -0.05) is 115 Å². The Kier molecular flexibility index (Phi) is 8.83. The van der Waals surface area contributed by atoms with Crippen molar-refractivity contribution in [2.24, 2.45) is 0 Å². The molecule has 228 valence electrons. The molecule has 5 aromatic carbocycles. The van der Waals surface area contributed by atoms with Crippen LogP contribution in [-0.2, 0) is 25.1 Å². The highest BCUT2D eigenvalue weighted by Crippen LogP contribution is 2.42. The highest BCUT2D eigenvalue weighted by Gasteiger charge is 2.45. The molecule has 1 aliphatic rings. The summed E-state index contributed by atoms with van der Waals surface area (Å²) in [5.74, 6) is 0.186. The summed E-state index contributed by atoms with van der Waals surface area (Å²) in [6, 6.07) is 43.5. The third-order valence-electron chi connectivity index (χ3n) is 8.37. The van der Waals surface area contributed by atoms with Crippen molar-refractivity contribution < 1.29 is 22.8 Å². The van der Waals surface area contributed by atoms with E-state index in [2.05, 4.69) is 0 Å². The first-order valence-corrected chi connectivity index (χ1v) is 16.6. The van der Waals surface area contributed by atoms with Gasteiger partial charge in [0.2, 0.25) is 0 Å². The highest BCUT2D eigenvalue weighted by atomic mass is 32.2. The van der Waals surface area contributed by atoms with Gasteiger partial charge in [-0.3, -0.25) is 4.79 Å². The van der Waals surface area contributed by atoms with Crippen molar-refractivity contribution in [2.75, 3.05) is 13.7 Å². The third-order valence-corrected chi connectivity index (χ3v) is 10.5. The van der Waals surface area contributed by atoms with Crippen LogP contribution in [0.3, 0.4) is 0 Å². The summed E-state index contributed by atoms with van der Waals surface area (Å²) in [6.45, 7) is 0.273. The number of nitrogens with zero attached hydrogens (tertiary/aromatic N) is 1. The maximum Gasteiger partial charge on any atom is 0.264 e. The van der Waals surface area contributed by atoms with Crippen molar-refractivity contribution in [1.29, 1.82) is 0 Å². The molecule has 5 aromatic rings. The van der Waals surface area contributed by atoms with Crippen molar-refractivity contribution in [3.05, 3.63) is 156 Å². The maximum atomic E-state index is 14.3. The Balaban J connectivity index is 1.36. The van der Waals surface area contributed by atoms with Gasteiger partial charge in [0, 0.05) is 6.54 Å². The molecule has 1 unspecified atom stereocenters. The zero-order valence-corrected chi connectivity index (χ0v) is 25.9. The lowest BCUT2D eigenvalue weighted by molar-refractivity contribution is -0.221. The van der Waals surface area contributed by atoms with Gasteiger partial charge in [-0.05, 0) is 71.3 Å². The lowest BCUT2D eigenvalue weighted by Gasteiger charge is -2.39. The van der Waals surface area contributed by atoms with Crippen LogP contribution in [-0.4, -0.2) is 38.3 Å². The Morgan fingerprint density at radius 2 is 1.11 bits per heavy atom. The third kappa shape index (κ3) is 6.01. The van der Waals surface area contributed by atoms with E-state index in [1.165, 1.54) is 5.06 Å². The SMILES string of the molecule is COc1ccc(-c2ccc(S(=O)(=O)C3CCCCN(OC(c4ccccc4)(c4ccccc4)c4ccccc4)C3=O)cc2)cc1. The van der Waals surface area contributed by atoms with E-state index < -0.39 is 26.6 Å². The molecular weight excluding hydrogens is 582 g/mol. The Bertz CT molecular complexity index is 1730. The van der Waals surface area contributed by atoms with Crippen molar-refractivity contribution >= 4 is 15.7 Å². The van der Waals surface area contributed by atoms with E-state index >= 15 is 0 Å². The first kappa shape index (κ1) is 30.3. The molecule has 1 amide bonds. The molecular formula is C38H35NO5S. The number of hydrogen-bond acceptors (Lipinski definition) is 5. The molecule has 45 heavy (non-hydrogen) atoms. The van der Waals surface area contributed by atoms with Gasteiger partial charge in [0.25, 0.3) is 5.91 Å². The molecule has 6 nitrogen and oxygen atoms in total. The molecule has 0 spiro atoms. The average Bonchev–Trinajstić information content (AvgIpc) is 3.29. The molecule has 0 aromatic heterocycles. The van der Waals surface area contributed by atoms with Gasteiger partial charge < -0.3 is 4.74 Å². The summed E-state index contributed by atoms with van der Waals surface area (Å²) in [5, 5.41) is 0.0281. The predicted octanol–water partition coefficient (Wildman–Crippen LogP) is 7.44. The first-order valence-electron chi connectivity index (χ1n) is 15.1. The van der Waals surface area contributed by atoms with Gasteiger partial charge in [0.05, 0.1) is 12.0 Å². The number of amides is 1. The predicted molar refractivity (Wildman–Crippen MR) is 175 cm³/mol. The average molecular weight is 618 g/mol. The summed E-state index contributed by atoms with van der Waals surface area (Å²) in [4.78, 5) is 21.3. The Morgan fingerprint density at radius 1 is 0.644 bits per heavy atom. The summed E-state index contributed by atoms with van der Waals surface area (Å²) in [7, 11) is -2.41. The van der Waals surface area contributed by atoms with E-state index in [1.54, 1.807) is 31.4 Å². The second kappa shape index (κ2) is 13.1. The van der Waals surface area contributed by atoms with E-state index in [1.807, 2.05) is 115 Å². The topological polar surface area (TPSA) is 72.9 Å². The van der Waals surface area contributed by atoms with E-state index in [9.17, 15) is 13.2 Å². The molecule has 1 heterocycles. The Hall–Kier alpha value is -4.72. The van der Waals surface area contributed by atoms with Crippen LogP contribution < -0.4 is 4.74 Å². The fourth-order valence-electron chi connectivity index (χ4n) is 5.98. The second-order valence-corrected chi connectivity index (χ2v) is 13.2. The van der Waals surface area contributed by atoms with Crippen molar-refractivity contribution in [3.8, 4) is 16.9 Å². The quantitative estimate of drug-likeness (QED) is 0.161. The van der Waals surface area contributed by atoms with Gasteiger partial charge in [0.1, 0.15) is 11.0 Å². The molecule has 0 aliphatic carbocycles. The van der Waals surface area contributed by atoms with Gasteiger partial charge >= 0.3 is 0 Å². The van der Waals surface area contributed by atoms with Crippen LogP contribution in [0.25, 0.3) is 11.1 Å². The van der Waals surface area contributed by atoms with E-state index in [0.717, 1.165) is 33.6 Å². The van der Waals surface area contributed by atoms with Crippen LogP contribution in [0.2, 0.25) is 0 Å². The monoisotopic (exact) mass is 617 g/mol. The molecule has 0 N–H and O–H groups in total.